The van der Waals surface area contributed by atoms with E-state index >= 15 is 0 Å². The topological polar surface area (TPSA) is 49.3 Å². The van der Waals surface area contributed by atoms with E-state index in [2.05, 4.69) is 21.2 Å². The molecule has 0 heterocycles. The van der Waals surface area contributed by atoms with Gasteiger partial charge in [0.05, 0.1) is 16.8 Å². The molecule has 3 nitrogen and oxygen atoms in total. The van der Waals surface area contributed by atoms with Crippen LogP contribution in [0.3, 0.4) is 0 Å². The number of hydrogen-bond donors (Lipinski definition) is 2. The number of aromatic hydroxyl groups is 1. The normalized spacial score (nSPS) is 11.3. The third kappa shape index (κ3) is 3.56. The smallest absolute Gasteiger partial charge is 0.416 e. The van der Waals surface area contributed by atoms with E-state index in [1.807, 2.05) is 0 Å². The molecule has 8 heteroatoms. The average molecular weight is 378 g/mol. The number of phenols is 1. The van der Waals surface area contributed by atoms with Crippen molar-refractivity contribution >= 4 is 27.5 Å². The first-order chi connectivity index (χ1) is 10.2. The fourth-order valence-corrected chi connectivity index (χ4v) is 2.16. The summed E-state index contributed by atoms with van der Waals surface area (Å²) in [4.78, 5) is 11.9. The first kappa shape index (κ1) is 16.3. The fraction of sp³-hybridized carbons (Fsp3) is 0.0714. The molecule has 2 N–H and O–H groups in total. The Labute approximate surface area is 130 Å². The molecule has 0 spiro atoms. The summed E-state index contributed by atoms with van der Waals surface area (Å²) in [7, 11) is 0. The van der Waals surface area contributed by atoms with Gasteiger partial charge in [0.15, 0.2) is 0 Å². The SMILES string of the molecule is O=C(Nc1ccc(C(F)(F)F)cc1Br)c1ccc(F)cc1O. The Morgan fingerprint density at radius 2 is 1.82 bits per heavy atom. The maximum absolute atomic E-state index is 12.9. The molecule has 0 aliphatic rings. The monoisotopic (exact) mass is 377 g/mol. The first-order valence-electron chi connectivity index (χ1n) is 5.85. The van der Waals surface area contributed by atoms with Gasteiger partial charge in [-0.05, 0) is 46.3 Å². The van der Waals surface area contributed by atoms with E-state index in [-0.39, 0.29) is 15.7 Å². The third-order valence-electron chi connectivity index (χ3n) is 2.75. The largest absolute Gasteiger partial charge is 0.507 e. The van der Waals surface area contributed by atoms with Crippen LogP contribution >= 0.6 is 15.9 Å². The van der Waals surface area contributed by atoms with Gasteiger partial charge in [0.2, 0.25) is 0 Å². The summed E-state index contributed by atoms with van der Waals surface area (Å²) >= 11 is 2.93. The molecule has 0 fully saturated rings. The maximum Gasteiger partial charge on any atom is 0.416 e. The molecule has 22 heavy (non-hydrogen) atoms. The lowest BCUT2D eigenvalue weighted by atomic mass is 10.1. The Morgan fingerprint density at radius 3 is 2.36 bits per heavy atom. The summed E-state index contributed by atoms with van der Waals surface area (Å²) in [6.07, 6.45) is -4.50. The van der Waals surface area contributed by atoms with Crippen LogP contribution in [0.15, 0.2) is 40.9 Å². The minimum Gasteiger partial charge on any atom is -0.507 e. The summed E-state index contributed by atoms with van der Waals surface area (Å²) < 4.78 is 50.5. The molecule has 1 amide bonds. The molecule has 0 saturated heterocycles. The van der Waals surface area contributed by atoms with Gasteiger partial charge in [-0.2, -0.15) is 13.2 Å². The molecule has 2 aromatic carbocycles. The number of carbonyl (C=O) groups is 1. The van der Waals surface area contributed by atoms with Gasteiger partial charge in [-0.1, -0.05) is 0 Å². The van der Waals surface area contributed by atoms with E-state index in [1.54, 1.807) is 0 Å². The highest BCUT2D eigenvalue weighted by atomic mass is 79.9. The number of hydrogen-bond acceptors (Lipinski definition) is 2. The molecule has 0 radical (unpaired) electrons. The molecular weight excluding hydrogens is 370 g/mol. The Bertz CT molecular complexity index is 731. The van der Waals surface area contributed by atoms with E-state index in [1.165, 1.54) is 0 Å². The van der Waals surface area contributed by atoms with Gasteiger partial charge < -0.3 is 10.4 Å². The van der Waals surface area contributed by atoms with Crippen LogP contribution in [0.4, 0.5) is 23.2 Å². The third-order valence-corrected chi connectivity index (χ3v) is 3.41. The second kappa shape index (κ2) is 5.96. The van der Waals surface area contributed by atoms with Crippen molar-refractivity contribution in [3.63, 3.8) is 0 Å². The van der Waals surface area contributed by atoms with E-state index in [9.17, 15) is 27.5 Å². The van der Waals surface area contributed by atoms with Crippen LogP contribution in [-0.4, -0.2) is 11.0 Å². The number of halogens is 5. The lowest BCUT2D eigenvalue weighted by molar-refractivity contribution is -0.137. The summed E-state index contributed by atoms with van der Waals surface area (Å²) in [5.74, 6) is -2.07. The van der Waals surface area contributed by atoms with Crippen LogP contribution < -0.4 is 5.32 Å². The van der Waals surface area contributed by atoms with Crippen molar-refractivity contribution in [3.8, 4) is 5.75 Å². The number of benzene rings is 2. The predicted molar refractivity (Wildman–Crippen MR) is 75.2 cm³/mol. The van der Waals surface area contributed by atoms with Crippen LogP contribution in [0.5, 0.6) is 5.75 Å². The number of nitrogens with one attached hydrogen (secondary N) is 1. The van der Waals surface area contributed by atoms with Crippen LogP contribution in [-0.2, 0) is 6.18 Å². The Morgan fingerprint density at radius 1 is 1.14 bits per heavy atom. The van der Waals surface area contributed by atoms with Gasteiger partial charge in [0.1, 0.15) is 11.6 Å². The van der Waals surface area contributed by atoms with Crippen molar-refractivity contribution < 1.29 is 27.5 Å². The molecule has 0 unspecified atom stereocenters. The molecule has 0 aliphatic carbocycles. The zero-order valence-corrected chi connectivity index (χ0v) is 12.3. The highest BCUT2D eigenvalue weighted by molar-refractivity contribution is 9.10. The highest BCUT2D eigenvalue weighted by Crippen LogP contribution is 2.34. The lowest BCUT2D eigenvalue weighted by Gasteiger charge is -2.11. The Kier molecular flexibility index (Phi) is 4.41. The molecule has 0 atom stereocenters. The van der Waals surface area contributed by atoms with Gasteiger partial charge in [0.25, 0.3) is 5.91 Å². The van der Waals surface area contributed by atoms with Crippen molar-refractivity contribution in [1.29, 1.82) is 0 Å². The number of carbonyl (C=O) groups excluding carboxylic acids is 1. The van der Waals surface area contributed by atoms with E-state index in [4.69, 9.17) is 0 Å². The van der Waals surface area contributed by atoms with Crippen molar-refractivity contribution in [2.45, 2.75) is 6.18 Å². The number of rotatable bonds is 2. The van der Waals surface area contributed by atoms with Gasteiger partial charge in [-0.3, -0.25) is 4.79 Å². The van der Waals surface area contributed by atoms with Gasteiger partial charge in [-0.15, -0.1) is 0 Å². The van der Waals surface area contributed by atoms with Gasteiger partial charge in [-0.25, -0.2) is 4.39 Å². The number of amides is 1. The molecule has 0 aliphatic heterocycles. The molecular formula is C14H8BrF4NO2. The minimum absolute atomic E-state index is 0.0253. The summed E-state index contributed by atoms with van der Waals surface area (Å²) in [6, 6.07) is 5.52. The van der Waals surface area contributed by atoms with Crippen molar-refractivity contribution in [2.24, 2.45) is 0 Å². The van der Waals surface area contributed by atoms with Crippen molar-refractivity contribution in [1.82, 2.24) is 0 Å². The number of alkyl halides is 3. The van der Waals surface area contributed by atoms with Gasteiger partial charge >= 0.3 is 6.18 Å². The molecule has 2 aromatic rings. The molecule has 0 bridgehead atoms. The fourth-order valence-electron chi connectivity index (χ4n) is 1.68. The van der Waals surface area contributed by atoms with E-state index in [0.29, 0.717) is 0 Å². The summed E-state index contributed by atoms with van der Waals surface area (Å²) in [6.45, 7) is 0. The van der Waals surface area contributed by atoms with Gasteiger partial charge in [0, 0.05) is 10.5 Å². The van der Waals surface area contributed by atoms with Crippen molar-refractivity contribution in [2.75, 3.05) is 5.32 Å². The summed E-state index contributed by atoms with van der Waals surface area (Å²) in [5.41, 5.74) is -0.989. The molecule has 116 valence electrons. The highest BCUT2D eigenvalue weighted by Gasteiger charge is 2.31. The lowest BCUT2D eigenvalue weighted by Crippen LogP contribution is -2.13. The van der Waals surface area contributed by atoms with E-state index < -0.39 is 29.2 Å². The average Bonchev–Trinajstić information content (AvgIpc) is 2.39. The number of anilines is 1. The number of phenolic OH excluding ortho intramolecular Hbond substituents is 1. The van der Waals surface area contributed by atoms with Crippen LogP contribution in [0.1, 0.15) is 15.9 Å². The van der Waals surface area contributed by atoms with Crippen molar-refractivity contribution in [3.05, 3.63) is 57.8 Å². The summed E-state index contributed by atoms with van der Waals surface area (Å²) in [5, 5.41) is 11.8. The Balaban J connectivity index is 2.25. The second-order valence-electron chi connectivity index (χ2n) is 4.31. The Hall–Kier alpha value is -2.09. The quantitative estimate of drug-likeness (QED) is 0.753. The van der Waals surface area contributed by atoms with Crippen LogP contribution in [0, 0.1) is 5.82 Å². The van der Waals surface area contributed by atoms with E-state index in [0.717, 1.165) is 36.4 Å². The molecule has 0 saturated carbocycles. The molecule has 2 rings (SSSR count). The minimum atomic E-state index is -4.50. The van der Waals surface area contributed by atoms with Crippen LogP contribution in [0.2, 0.25) is 0 Å². The predicted octanol–water partition coefficient (Wildman–Crippen LogP) is 4.56. The molecule has 0 aromatic heterocycles. The zero-order chi connectivity index (χ0) is 16.5. The van der Waals surface area contributed by atoms with Crippen LogP contribution in [0.25, 0.3) is 0 Å². The maximum atomic E-state index is 12.9. The zero-order valence-electron chi connectivity index (χ0n) is 10.7. The standard InChI is InChI=1S/C14H8BrF4NO2/c15-10-5-7(14(17,18)19)1-4-11(10)20-13(22)9-3-2-8(16)6-12(9)21/h1-6,21H,(H,20,22). The first-order valence-corrected chi connectivity index (χ1v) is 6.64. The second-order valence-corrected chi connectivity index (χ2v) is 5.16.